The van der Waals surface area contributed by atoms with E-state index in [0.717, 1.165) is 29.2 Å². The lowest BCUT2D eigenvalue weighted by Crippen LogP contribution is -2.40. The number of sulfonamides is 1. The van der Waals surface area contributed by atoms with Gasteiger partial charge < -0.3 is 10.2 Å². The van der Waals surface area contributed by atoms with Crippen LogP contribution in [0.4, 0.5) is 11.4 Å². The van der Waals surface area contributed by atoms with Crippen LogP contribution in [0.2, 0.25) is 10.0 Å². The fraction of sp³-hybridized carbons (Fsp3) is 0.350. The van der Waals surface area contributed by atoms with E-state index in [9.17, 15) is 13.2 Å². The van der Waals surface area contributed by atoms with Gasteiger partial charge in [-0.1, -0.05) is 35.3 Å². The van der Waals surface area contributed by atoms with Crippen LogP contribution in [0.15, 0.2) is 42.5 Å². The molecule has 0 unspecified atom stereocenters. The van der Waals surface area contributed by atoms with E-state index in [-0.39, 0.29) is 17.3 Å². The Morgan fingerprint density at radius 1 is 1.07 bits per heavy atom. The smallest absolute Gasteiger partial charge is 0.241 e. The predicted octanol–water partition coefficient (Wildman–Crippen LogP) is 3.68. The average Bonchev–Trinajstić information content (AvgIpc) is 3.21. The third kappa shape index (κ3) is 5.78. The molecule has 2 aromatic rings. The van der Waals surface area contributed by atoms with E-state index >= 15 is 0 Å². The van der Waals surface area contributed by atoms with Crippen molar-refractivity contribution < 1.29 is 13.2 Å². The van der Waals surface area contributed by atoms with Gasteiger partial charge in [-0.3, -0.25) is 9.10 Å². The topological polar surface area (TPSA) is 69.7 Å². The number of hydrogen-bond acceptors (Lipinski definition) is 4. The van der Waals surface area contributed by atoms with E-state index in [1.54, 1.807) is 0 Å². The average molecular weight is 456 g/mol. The third-order valence-corrected chi connectivity index (χ3v) is 6.66. The molecular formula is C20H23Cl2N3O3S. The molecule has 156 valence electrons. The third-order valence-electron chi connectivity index (χ3n) is 4.78. The van der Waals surface area contributed by atoms with Crippen LogP contribution in [0, 0.1) is 0 Å². The van der Waals surface area contributed by atoms with Crippen LogP contribution >= 0.6 is 23.2 Å². The van der Waals surface area contributed by atoms with Crippen LogP contribution < -0.4 is 14.5 Å². The molecule has 0 aromatic heterocycles. The highest BCUT2D eigenvalue weighted by Gasteiger charge is 2.21. The Bertz CT molecular complexity index is 975. The molecule has 0 aliphatic carbocycles. The normalized spacial score (nSPS) is 14.1. The molecule has 0 atom stereocenters. The van der Waals surface area contributed by atoms with Crippen LogP contribution in [0.25, 0.3) is 0 Å². The van der Waals surface area contributed by atoms with Gasteiger partial charge in [-0.15, -0.1) is 0 Å². The first-order valence-electron chi connectivity index (χ1n) is 9.27. The Morgan fingerprint density at radius 3 is 2.31 bits per heavy atom. The summed E-state index contributed by atoms with van der Waals surface area (Å²) in [6, 6.07) is 12.5. The zero-order valence-electron chi connectivity index (χ0n) is 16.1. The molecular weight excluding hydrogens is 433 g/mol. The number of carbonyl (C=O) groups is 1. The van der Waals surface area contributed by atoms with Gasteiger partial charge in [0, 0.05) is 25.3 Å². The number of nitrogens with zero attached hydrogens (tertiary/aromatic N) is 2. The van der Waals surface area contributed by atoms with Crippen molar-refractivity contribution >= 4 is 50.5 Å². The van der Waals surface area contributed by atoms with Gasteiger partial charge in [-0.25, -0.2) is 8.42 Å². The Labute approximate surface area is 181 Å². The summed E-state index contributed by atoms with van der Waals surface area (Å²) in [6.45, 7) is 2.12. The summed E-state index contributed by atoms with van der Waals surface area (Å²) < 4.78 is 25.3. The molecule has 2 aromatic carbocycles. The molecule has 9 heteroatoms. The molecule has 29 heavy (non-hydrogen) atoms. The second-order valence-electron chi connectivity index (χ2n) is 7.01. The minimum absolute atomic E-state index is 0.219. The molecule has 6 nitrogen and oxygen atoms in total. The van der Waals surface area contributed by atoms with Gasteiger partial charge in [-0.05, 0) is 48.7 Å². The van der Waals surface area contributed by atoms with Crippen LogP contribution in [-0.4, -0.2) is 40.2 Å². The van der Waals surface area contributed by atoms with E-state index in [0.29, 0.717) is 11.6 Å². The van der Waals surface area contributed by atoms with Gasteiger partial charge in [0.05, 0.1) is 22.0 Å². The summed E-state index contributed by atoms with van der Waals surface area (Å²) in [6.07, 6.45) is 3.47. The lowest BCUT2D eigenvalue weighted by molar-refractivity contribution is -0.119. The zero-order chi connectivity index (χ0) is 21.0. The van der Waals surface area contributed by atoms with Crippen molar-refractivity contribution in [1.29, 1.82) is 0 Å². The summed E-state index contributed by atoms with van der Waals surface area (Å²) in [7, 11) is -3.68. The summed E-state index contributed by atoms with van der Waals surface area (Å²) in [5.74, 6) is -0.412. The fourth-order valence-electron chi connectivity index (χ4n) is 3.23. The first-order chi connectivity index (χ1) is 13.7. The summed E-state index contributed by atoms with van der Waals surface area (Å²) >= 11 is 11.9. The number of rotatable bonds is 7. The van der Waals surface area contributed by atoms with Crippen LogP contribution in [0.5, 0.6) is 0 Å². The Hall–Kier alpha value is -1.96. The van der Waals surface area contributed by atoms with Gasteiger partial charge in [0.15, 0.2) is 0 Å². The number of carbonyl (C=O) groups excluding carboxylic acids is 1. The summed E-state index contributed by atoms with van der Waals surface area (Å²) in [5, 5.41) is 3.30. The molecule has 1 N–H and O–H groups in total. The van der Waals surface area contributed by atoms with Crippen molar-refractivity contribution in [2.24, 2.45) is 0 Å². The SMILES string of the molecule is CS(=O)(=O)N(CC(=O)NCc1ccc(N2CCCC2)cc1)c1ccc(Cl)c(Cl)c1. The lowest BCUT2D eigenvalue weighted by Gasteiger charge is -2.22. The molecule has 3 rings (SSSR count). The first-order valence-corrected chi connectivity index (χ1v) is 11.9. The largest absolute Gasteiger partial charge is 0.372 e. The fourth-order valence-corrected chi connectivity index (χ4v) is 4.37. The Balaban J connectivity index is 1.62. The minimum Gasteiger partial charge on any atom is -0.372 e. The van der Waals surface area contributed by atoms with Crippen molar-refractivity contribution in [3.63, 3.8) is 0 Å². The lowest BCUT2D eigenvalue weighted by atomic mass is 10.2. The molecule has 1 aliphatic rings. The van der Waals surface area contributed by atoms with E-state index in [4.69, 9.17) is 23.2 Å². The van der Waals surface area contributed by atoms with Crippen molar-refractivity contribution in [1.82, 2.24) is 5.32 Å². The zero-order valence-corrected chi connectivity index (χ0v) is 18.4. The van der Waals surface area contributed by atoms with E-state index in [1.807, 2.05) is 24.3 Å². The number of nitrogens with one attached hydrogen (secondary N) is 1. The number of anilines is 2. The van der Waals surface area contributed by atoms with Gasteiger partial charge in [-0.2, -0.15) is 0 Å². The highest BCUT2D eigenvalue weighted by Crippen LogP contribution is 2.28. The first kappa shape index (κ1) is 21.7. The molecule has 1 fully saturated rings. The quantitative estimate of drug-likeness (QED) is 0.690. The molecule has 0 radical (unpaired) electrons. The van der Waals surface area contributed by atoms with Crippen molar-refractivity contribution in [3.8, 4) is 0 Å². The monoisotopic (exact) mass is 455 g/mol. The van der Waals surface area contributed by atoms with Crippen LogP contribution in [0.3, 0.4) is 0 Å². The van der Waals surface area contributed by atoms with Crippen LogP contribution in [-0.2, 0) is 21.4 Å². The number of amides is 1. The maximum absolute atomic E-state index is 12.4. The van der Waals surface area contributed by atoms with E-state index in [1.165, 1.54) is 36.7 Å². The number of halogens is 2. The second-order valence-corrected chi connectivity index (χ2v) is 9.73. The standard InChI is InChI=1S/C20H23Cl2N3O3S/c1-29(27,28)25(17-8-9-18(21)19(22)12-17)14-20(26)23-13-15-4-6-16(7-5-15)24-10-2-3-11-24/h4-9,12H,2-3,10-11,13-14H2,1H3,(H,23,26). The predicted molar refractivity (Wildman–Crippen MR) is 118 cm³/mol. The number of benzene rings is 2. The maximum Gasteiger partial charge on any atom is 0.241 e. The van der Waals surface area contributed by atoms with Gasteiger partial charge in [0.2, 0.25) is 15.9 Å². The molecule has 0 saturated carbocycles. The molecule has 1 aliphatic heterocycles. The molecule has 1 heterocycles. The van der Waals surface area contributed by atoms with E-state index in [2.05, 4.69) is 10.2 Å². The van der Waals surface area contributed by atoms with Crippen molar-refractivity contribution in [2.45, 2.75) is 19.4 Å². The highest BCUT2D eigenvalue weighted by atomic mass is 35.5. The molecule has 1 amide bonds. The van der Waals surface area contributed by atoms with E-state index < -0.39 is 15.9 Å². The summed E-state index contributed by atoms with van der Waals surface area (Å²) in [5.41, 5.74) is 2.41. The van der Waals surface area contributed by atoms with Gasteiger partial charge >= 0.3 is 0 Å². The molecule has 0 bridgehead atoms. The van der Waals surface area contributed by atoms with Gasteiger partial charge in [0.1, 0.15) is 6.54 Å². The molecule has 1 saturated heterocycles. The Kier molecular flexibility index (Phi) is 6.93. The maximum atomic E-state index is 12.4. The van der Waals surface area contributed by atoms with Crippen molar-refractivity contribution in [2.75, 3.05) is 35.1 Å². The van der Waals surface area contributed by atoms with Crippen LogP contribution in [0.1, 0.15) is 18.4 Å². The highest BCUT2D eigenvalue weighted by molar-refractivity contribution is 7.92. The number of hydrogen-bond donors (Lipinski definition) is 1. The second kappa shape index (κ2) is 9.24. The van der Waals surface area contributed by atoms with Crippen molar-refractivity contribution in [3.05, 3.63) is 58.1 Å². The Morgan fingerprint density at radius 2 is 1.72 bits per heavy atom. The minimum atomic E-state index is -3.68. The van der Waals surface area contributed by atoms with Gasteiger partial charge in [0.25, 0.3) is 0 Å². The summed E-state index contributed by atoms with van der Waals surface area (Å²) in [4.78, 5) is 14.7. The molecule has 0 spiro atoms.